The first-order valence-corrected chi connectivity index (χ1v) is 17.2. The zero-order valence-corrected chi connectivity index (χ0v) is 29.6. The smallest absolute Gasteiger partial charge is 0.330 e. The first kappa shape index (κ1) is 39.8. The number of carbonyl (C=O) groups is 3. The van der Waals surface area contributed by atoms with E-state index in [0.29, 0.717) is 5.56 Å². The maximum absolute atomic E-state index is 13.0. The molecule has 1 saturated carbocycles. The number of phenols is 1. The van der Waals surface area contributed by atoms with Gasteiger partial charge in [-0.2, -0.15) is 0 Å². The molecule has 0 spiro atoms. The number of aliphatic hydroxyl groups excluding tert-OH is 5. The summed E-state index contributed by atoms with van der Waals surface area (Å²) in [7, 11) is 1.38. The number of rotatable bonds is 12. The predicted octanol–water partition coefficient (Wildman–Crippen LogP) is -1.62. The monoisotopic (exact) mass is 768 g/mol. The average molecular weight is 769 g/mol. The summed E-state index contributed by atoms with van der Waals surface area (Å²) in [5, 5.41) is 62.1. The normalized spacial score (nSPS) is 40.9. The number of ether oxygens (including phenoxy) is 10. The standard InChI is InChI=1S/C35H44O19/c1-14-28(49-15(2)37)27(44)30(50-16(3)38)34(48-14)52-29-18-9-10-46-32(53-33-26(43)25(42)24(41)21(12-36)51-33)23(18)35(31(29)54-35)13-47-22(40)8-6-17-5-7-19(39)20(11-17)45-4/h5-11,14,18,21,23-34,36,39,41-44H,12-13H2,1-4H3/b8-6+/t14-,18?,21-,23?,24-,25+,26-,27-,28+,29+,30+,31+,32?,33+,34+,35-/m1/s1. The number of phenolic OH excluding ortho intramolecular Hbond substituents is 1. The molecule has 16 atom stereocenters. The van der Waals surface area contributed by atoms with Gasteiger partial charge in [0.05, 0.1) is 38.1 Å². The SMILES string of the molecule is COc1cc(/C=C/C(=O)OC[C@]23O[C@H]2[C@@H](O[C@@H]2O[C@H](C)[C@H](OC(C)=O)[C@@H](O)[C@@H]2OC(C)=O)C2C=COC(O[C@@H]4O[C@H](CO)[C@@H](O)[C@H](O)[C@H]4O)C23)ccc1O. The molecule has 6 N–H and O–H groups in total. The summed E-state index contributed by atoms with van der Waals surface area (Å²) in [6, 6.07) is 4.46. The molecule has 3 unspecified atom stereocenters. The van der Waals surface area contributed by atoms with Crippen molar-refractivity contribution in [2.45, 2.75) is 106 Å². The second-order valence-corrected chi connectivity index (χ2v) is 13.6. The zero-order valence-electron chi connectivity index (χ0n) is 29.6. The van der Waals surface area contributed by atoms with Crippen LogP contribution in [0.2, 0.25) is 0 Å². The minimum atomic E-state index is -1.77. The van der Waals surface area contributed by atoms with E-state index in [1.165, 1.54) is 38.5 Å². The summed E-state index contributed by atoms with van der Waals surface area (Å²) in [5.74, 6) is -3.70. The fraction of sp³-hybridized carbons (Fsp3) is 0.629. The molecule has 0 radical (unpaired) electrons. The highest BCUT2D eigenvalue weighted by molar-refractivity contribution is 5.87. The quantitative estimate of drug-likeness (QED) is 0.0604. The molecule has 5 aliphatic rings. The van der Waals surface area contributed by atoms with Gasteiger partial charge >= 0.3 is 17.9 Å². The molecule has 4 heterocycles. The first-order valence-electron chi connectivity index (χ1n) is 17.2. The van der Waals surface area contributed by atoms with Gasteiger partial charge < -0.3 is 78.0 Å². The third kappa shape index (κ3) is 7.79. The van der Waals surface area contributed by atoms with Crippen LogP contribution in [0.5, 0.6) is 11.5 Å². The molecule has 0 aromatic heterocycles. The van der Waals surface area contributed by atoms with Gasteiger partial charge in [0.25, 0.3) is 0 Å². The van der Waals surface area contributed by atoms with E-state index in [9.17, 15) is 45.0 Å². The van der Waals surface area contributed by atoms with Gasteiger partial charge in [-0.05, 0) is 36.8 Å². The highest BCUT2D eigenvalue weighted by Crippen LogP contribution is 2.61. The van der Waals surface area contributed by atoms with Crippen LogP contribution in [0.25, 0.3) is 6.08 Å². The molecule has 1 aromatic rings. The third-order valence-electron chi connectivity index (χ3n) is 10.1. The maximum Gasteiger partial charge on any atom is 0.330 e. The third-order valence-corrected chi connectivity index (χ3v) is 10.1. The number of hydrogen-bond acceptors (Lipinski definition) is 19. The molecule has 3 saturated heterocycles. The molecule has 4 fully saturated rings. The van der Waals surface area contributed by atoms with E-state index in [4.69, 9.17) is 47.4 Å². The molecule has 54 heavy (non-hydrogen) atoms. The summed E-state index contributed by atoms with van der Waals surface area (Å²) in [6.07, 6.45) is -12.2. The van der Waals surface area contributed by atoms with Crippen LogP contribution in [0.3, 0.4) is 0 Å². The summed E-state index contributed by atoms with van der Waals surface area (Å²) in [5.41, 5.74) is -0.837. The first-order chi connectivity index (χ1) is 25.7. The van der Waals surface area contributed by atoms with Crippen molar-refractivity contribution in [3.8, 4) is 11.5 Å². The second-order valence-electron chi connectivity index (χ2n) is 13.6. The molecule has 0 amide bonds. The van der Waals surface area contributed by atoms with Crippen molar-refractivity contribution < 1.29 is 92.4 Å². The van der Waals surface area contributed by atoms with E-state index in [-0.39, 0.29) is 18.1 Å². The van der Waals surface area contributed by atoms with Crippen molar-refractivity contribution in [3.63, 3.8) is 0 Å². The topological polar surface area (TPSA) is 268 Å². The van der Waals surface area contributed by atoms with E-state index in [1.807, 2.05) is 0 Å². The van der Waals surface area contributed by atoms with E-state index in [2.05, 4.69) is 0 Å². The van der Waals surface area contributed by atoms with Gasteiger partial charge in [0.1, 0.15) is 48.8 Å². The van der Waals surface area contributed by atoms with E-state index >= 15 is 0 Å². The molecular formula is C35H44O19. The molecular weight excluding hydrogens is 724 g/mol. The van der Waals surface area contributed by atoms with Crippen molar-refractivity contribution >= 4 is 24.0 Å². The van der Waals surface area contributed by atoms with Crippen molar-refractivity contribution in [1.82, 2.24) is 0 Å². The Hall–Kier alpha value is -3.89. The van der Waals surface area contributed by atoms with Crippen LogP contribution in [0, 0.1) is 11.8 Å². The number of hydrogen-bond donors (Lipinski definition) is 6. The summed E-state index contributed by atoms with van der Waals surface area (Å²) in [4.78, 5) is 36.9. The molecule has 0 bridgehead atoms. The van der Waals surface area contributed by atoms with Crippen LogP contribution < -0.4 is 4.74 Å². The van der Waals surface area contributed by atoms with Crippen LogP contribution in [-0.4, -0.2) is 154 Å². The van der Waals surface area contributed by atoms with E-state index in [0.717, 1.165) is 19.9 Å². The lowest BCUT2D eigenvalue weighted by atomic mass is 9.85. The largest absolute Gasteiger partial charge is 0.504 e. The van der Waals surface area contributed by atoms with Gasteiger partial charge in [0.2, 0.25) is 6.29 Å². The second kappa shape index (κ2) is 16.1. The van der Waals surface area contributed by atoms with Crippen LogP contribution in [0.15, 0.2) is 36.6 Å². The van der Waals surface area contributed by atoms with Gasteiger partial charge in [0.15, 0.2) is 36.3 Å². The van der Waals surface area contributed by atoms with Crippen LogP contribution >= 0.6 is 0 Å². The highest BCUT2D eigenvalue weighted by Gasteiger charge is 2.78. The van der Waals surface area contributed by atoms with Crippen LogP contribution in [0.4, 0.5) is 0 Å². The lowest BCUT2D eigenvalue weighted by Gasteiger charge is -2.44. The minimum absolute atomic E-state index is 0.0870. The molecule has 298 valence electrons. The average Bonchev–Trinajstić information content (AvgIpc) is 3.80. The Labute approximate surface area is 308 Å². The van der Waals surface area contributed by atoms with Crippen molar-refractivity contribution in [1.29, 1.82) is 0 Å². The van der Waals surface area contributed by atoms with Crippen LogP contribution in [0.1, 0.15) is 26.3 Å². The Bertz CT molecular complexity index is 1600. The number of benzene rings is 1. The molecule has 4 aliphatic heterocycles. The van der Waals surface area contributed by atoms with Crippen molar-refractivity contribution in [3.05, 3.63) is 42.2 Å². The molecule has 1 aromatic carbocycles. The molecule has 6 rings (SSSR count). The number of epoxide rings is 1. The van der Waals surface area contributed by atoms with Gasteiger partial charge in [-0.25, -0.2) is 4.79 Å². The lowest BCUT2D eigenvalue weighted by Crippen LogP contribution is -2.61. The van der Waals surface area contributed by atoms with Gasteiger partial charge in [-0.1, -0.05) is 6.07 Å². The summed E-state index contributed by atoms with van der Waals surface area (Å²) < 4.78 is 57.4. The lowest BCUT2D eigenvalue weighted by molar-refractivity contribution is -0.347. The number of aliphatic hydroxyl groups is 5. The Morgan fingerprint density at radius 1 is 0.889 bits per heavy atom. The Kier molecular flexibility index (Phi) is 11.8. The van der Waals surface area contributed by atoms with Crippen LogP contribution in [-0.2, 0) is 57.0 Å². The van der Waals surface area contributed by atoms with E-state index < -0.39 is 122 Å². The van der Waals surface area contributed by atoms with Crippen molar-refractivity contribution in [2.75, 3.05) is 20.3 Å². The minimum Gasteiger partial charge on any atom is -0.504 e. The van der Waals surface area contributed by atoms with Crippen molar-refractivity contribution in [2.24, 2.45) is 11.8 Å². The highest BCUT2D eigenvalue weighted by atomic mass is 16.8. The van der Waals surface area contributed by atoms with Gasteiger partial charge in [-0.15, -0.1) is 0 Å². The van der Waals surface area contributed by atoms with Gasteiger partial charge in [0, 0.05) is 25.8 Å². The zero-order chi connectivity index (χ0) is 39.1. The van der Waals surface area contributed by atoms with E-state index in [1.54, 1.807) is 12.1 Å². The number of methoxy groups -OCH3 is 1. The molecule has 1 aliphatic carbocycles. The Balaban J connectivity index is 1.25. The number of esters is 3. The summed E-state index contributed by atoms with van der Waals surface area (Å²) in [6.45, 7) is 2.72. The fourth-order valence-corrected chi connectivity index (χ4v) is 7.41. The number of fused-ring (bicyclic) bond motifs is 3. The summed E-state index contributed by atoms with van der Waals surface area (Å²) >= 11 is 0. The Morgan fingerprint density at radius 3 is 2.30 bits per heavy atom. The maximum atomic E-state index is 13.0. The number of carbonyl (C=O) groups excluding carboxylic acids is 3. The number of aromatic hydroxyl groups is 1. The predicted molar refractivity (Wildman–Crippen MR) is 174 cm³/mol. The Morgan fingerprint density at radius 2 is 1.61 bits per heavy atom. The molecule has 19 heteroatoms. The van der Waals surface area contributed by atoms with Gasteiger partial charge in [-0.3, -0.25) is 9.59 Å². The fourth-order valence-electron chi connectivity index (χ4n) is 7.41. The molecule has 19 nitrogen and oxygen atoms in total.